The third-order valence-corrected chi connectivity index (χ3v) is 1.77. The van der Waals surface area contributed by atoms with Gasteiger partial charge in [-0.05, 0) is 25.1 Å². The van der Waals surface area contributed by atoms with Gasteiger partial charge in [-0.2, -0.15) is 5.26 Å². The lowest BCUT2D eigenvalue weighted by Crippen LogP contribution is -2.32. The van der Waals surface area contributed by atoms with Gasteiger partial charge >= 0.3 is 0 Å². The van der Waals surface area contributed by atoms with E-state index in [1.54, 1.807) is 6.07 Å². The maximum Gasteiger partial charge on any atom is 0.241 e. The minimum atomic E-state index is -0.708. The van der Waals surface area contributed by atoms with Crippen LogP contribution < -0.4 is 11.1 Å². The molecule has 0 aromatic heterocycles. The fraction of sp³-hybridized carbons (Fsp3) is 0.200. The molecule has 15 heavy (non-hydrogen) atoms. The number of nitrogens with two attached hydrogens (primary N) is 1. The van der Waals surface area contributed by atoms with Crippen LogP contribution in [-0.4, -0.2) is 11.9 Å². The van der Waals surface area contributed by atoms with Crippen molar-refractivity contribution in [2.45, 2.75) is 13.0 Å². The number of hydrogen-bond acceptors (Lipinski definition) is 3. The molecule has 1 unspecified atom stereocenters. The van der Waals surface area contributed by atoms with E-state index in [4.69, 9.17) is 11.0 Å². The Hall–Kier alpha value is -1.93. The highest BCUT2D eigenvalue weighted by Crippen LogP contribution is 2.15. The fourth-order valence-electron chi connectivity index (χ4n) is 0.933. The van der Waals surface area contributed by atoms with Gasteiger partial charge in [-0.1, -0.05) is 0 Å². The van der Waals surface area contributed by atoms with E-state index in [1.807, 2.05) is 0 Å². The molecule has 0 aliphatic rings. The van der Waals surface area contributed by atoms with E-state index < -0.39 is 17.8 Å². The van der Waals surface area contributed by atoms with E-state index in [0.717, 1.165) is 6.07 Å². The summed E-state index contributed by atoms with van der Waals surface area (Å²) in [6.45, 7) is 1.50. The van der Waals surface area contributed by atoms with Crippen LogP contribution in [0.1, 0.15) is 12.5 Å². The Bertz CT molecular complexity index is 423. The van der Waals surface area contributed by atoms with Gasteiger partial charge in [-0.25, -0.2) is 4.39 Å². The van der Waals surface area contributed by atoms with Crippen molar-refractivity contribution in [1.82, 2.24) is 0 Å². The van der Waals surface area contributed by atoms with Gasteiger partial charge in [0.25, 0.3) is 0 Å². The molecule has 0 bridgehead atoms. The summed E-state index contributed by atoms with van der Waals surface area (Å²) in [4.78, 5) is 11.2. The van der Waals surface area contributed by atoms with Crippen LogP contribution in [0.25, 0.3) is 0 Å². The molecule has 0 aliphatic carbocycles. The smallest absolute Gasteiger partial charge is 0.241 e. The van der Waals surface area contributed by atoms with E-state index in [2.05, 4.69) is 5.32 Å². The Morgan fingerprint density at radius 2 is 2.33 bits per heavy atom. The van der Waals surface area contributed by atoms with Gasteiger partial charge in [0.05, 0.1) is 23.4 Å². The number of nitriles is 1. The van der Waals surface area contributed by atoms with Gasteiger partial charge < -0.3 is 11.1 Å². The molecule has 1 rings (SSSR count). The first-order chi connectivity index (χ1) is 7.04. The monoisotopic (exact) mass is 207 g/mol. The quantitative estimate of drug-likeness (QED) is 0.758. The molecule has 0 radical (unpaired) electrons. The second-order valence-electron chi connectivity index (χ2n) is 3.08. The van der Waals surface area contributed by atoms with Gasteiger partial charge in [0.1, 0.15) is 5.82 Å². The Morgan fingerprint density at radius 3 is 2.80 bits per heavy atom. The SMILES string of the molecule is CC(N)C(=O)Nc1ccc(C#N)cc1F. The summed E-state index contributed by atoms with van der Waals surface area (Å²) in [5.74, 6) is -1.12. The van der Waals surface area contributed by atoms with E-state index in [9.17, 15) is 9.18 Å². The number of anilines is 1. The van der Waals surface area contributed by atoms with Crippen LogP contribution in [0.15, 0.2) is 18.2 Å². The van der Waals surface area contributed by atoms with Gasteiger partial charge in [0.15, 0.2) is 0 Å². The van der Waals surface area contributed by atoms with Crippen molar-refractivity contribution in [3.8, 4) is 6.07 Å². The predicted octanol–water partition coefficient (Wildman–Crippen LogP) is 0.983. The normalized spacial score (nSPS) is 11.6. The molecule has 0 spiro atoms. The molecule has 0 heterocycles. The number of carbonyl (C=O) groups excluding carboxylic acids is 1. The molecule has 0 aliphatic heterocycles. The lowest BCUT2D eigenvalue weighted by Gasteiger charge is -2.08. The van der Waals surface area contributed by atoms with E-state index in [0.29, 0.717) is 0 Å². The Kier molecular flexibility index (Phi) is 3.37. The van der Waals surface area contributed by atoms with Crippen molar-refractivity contribution in [1.29, 1.82) is 5.26 Å². The molecule has 78 valence electrons. The minimum absolute atomic E-state index is 0.0244. The summed E-state index contributed by atoms with van der Waals surface area (Å²) in [7, 11) is 0. The highest BCUT2D eigenvalue weighted by molar-refractivity contribution is 5.94. The van der Waals surface area contributed by atoms with E-state index in [-0.39, 0.29) is 11.3 Å². The second-order valence-corrected chi connectivity index (χ2v) is 3.08. The van der Waals surface area contributed by atoms with Gasteiger partial charge in [0.2, 0.25) is 5.91 Å². The van der Waals surface area contributed by atoms with Crippen molar-refractivity contribution in [2.24, 2.45) is 5.73 Å². The third-order valence-electron chi connectivity index (χ3n) is 1.77. The van der Waals surface area contributed by atoms with Crippen LogP contribution in [0.5, 0.6) is 0 Å². The summed E-state index contributed by atoms with van der Waals surface area (Å²) in [6.07, 6.45) is 0. The molecule has 5 heteroatoms. The minimum Gasteiger partial charge on any atom is -0.322 e. The molecule has 4 nitrogen and oxygen atoms in total. The summed E-state index contributed by atoms with van der Waals surface area (Å²) < 4.78 is 13.3. The molecule has 1 aromatic carbocycles. The lowest BCUT2D eigenvalue weighted by molar-refractivity contribution is -0.117. The largest absolute Gasteiger partial charge is 0.322 e. The van der Waals surface area contributed by atoms with Gasteiger partial charge in [-0.3, -0.25) is 4.79 Å². The first kappa shape index (κ1) is 11.1. The number of rotatable bonds is 2. The number of hydrogen-bond donors (Lipinski definition) is 2. The average molecular weight is 207 g/mol. The number of nitrogens with zero attached hydrogens (tertiary/aromatic N) is 1. The first-order valence-corrected chi connectivity index (χ1v) is 4.30. The summed E-state index contributed by atoms with van der Waals surface area (Å²) >= 11 is 0. The molecule has 3 N–H and O–H groups in total. The molecule has 0 saturated heterocycles. The van der Waals surface area contributed by atoms with Crippen LogP contribution >= 0.6 is 0 Å². The van der Waals surface area contributed by atoms with Crippen LogP contribution in [0.2, 0.25) is 0 Å². The molecule has 1 aromatic rings. The zero-order chi connectivity index (χ0) is 11.4. The Labute approximate surface area is 86.5 Å². The summed E-state index contributed by atoms with van der Waals surface area (Å²) in [6, 6.07) is 4.88. The van der Waals surface area contributed by atoms with Crippen LogP contribution in [0.3, 0.4) is 0 Å². The number of halogens is 1. The van der Waals surface area contributed by atoms with E-state index >= 15 is 0 Å². The highest BCUT2D eigenvalue weighted by atomic mass is 19.1. The third kappa shape index (κ3) is 2.76. The molecule has 0 fully saturated rings. The number of nitrogens with one attached hydrogen (secondary N) is 1. The second kappa shape index (κ2) is 4.53. The number of carbonyl (C=O) groups is 1. The van der Waals surface area contributed by atoms with Gasteiger partial charge in [0, 0.05) is 0 Å². The predicted molar refractivity (Wildman–Crippen MR) is 53.4 cm³/mol. The van der Waals surface area contributed by atoms with Crippen molar-refractivity contribution < 1.29 is 9.18 Å². The average Bonchev–Trinajstić information content (AvgIpc) is 2.20. The molecule has 1 atom stereocenters. The van der Waals surface area contributed by atoms with Crippen molar-refractivity contribution in [3.63, 3.8) is 0 Å². The van der Waals surface area contributed by atoms with Crippen LogP contribution in [0, 0.1) is 17.1 Å². The summed E-state index contributed by atoms with van der Waals surface area (Å²) in [5, 5.41) is 10.8. The fourth-order valence-corrected chi connectivity index (χ4v) is 0.933. The number of amides is 1. The standard InChI is InChI=1S/C10H10FN3O/c1-6(13)10(15)14-9-3-2-7(5-12)4-8(9)11/h2-4,6H,13H2,1H3,(H,14,15). The lowest BCUT2D eigenvalue weighted by atomic mass is 10.2. The molecular weight excluding hydrogens is 197 g/mol. The Balaban J connectivity index is 2.89. The highest BCUT2D eigenvalue weighted by Gasteiger charge is 2.10. The molecule has 0 saturated carbocycles. The van der Waals surface area contributed by atoms with Crippen molar-refractivity contribution in [3.05, 3.63) is 29.6 Å². The molecule has 1 amide bonds. The van der Waals surface area contributed by atoms with E-state index in [1.165, 1.54) is 19.1 Å². The van der Waals surface area contributed by atoms with Crippen molar-refractivity contribution >= 4 is 11.6 Å². The van der Waals surface area contributed by atoms with Crippen LogP contribution in [0.4, 0.5) is 10.1 Å². The topological polar surface area (TPSA) is 78.9 Å². The van der Waals surface area contributed by atoms with Gasteiger partial charge in [-0.15, -0.1) is 0 Å². The summed E-state index contributed by atoms with van der Waals surface area (Å²) in [5.41, 5.74) is 5.53. The van der Waals surface area contributed by atoms with Crippen LogP contribution in [-0.2, 0) is 4.79 Å². The van der Waals surface area contributed by atoms with Crippen molar-refractivity contribution in [2.75, 3.05) is 5.32 Å². The number of benzene rings is 1. The maximum atomic E-state index is 13.3. The Morgan fingerprint density at radius 1 is 1.67 bits per heavy atom. The zero-order valence-corrected chi connectivity index (χ0v) is 8.12. The molecular formula is C10H10FN3O. The first-order valence-electron chi connectivity index (χ1n) is 4.30. The maximum absolute atomic E-state index is 13.3. The zero-order valence-electron chi connectivity index (χ0n) is 8.12.